The summed E-state index contributed by atoms with van der Waals surface area (Å²) in [5, 5.41) is 12.4. The topological polar surface area (TPSA) is 75.3 Å². The Bertz CT molecular complexity index is 442. The van der Waals surface area contributed by atoms with E-state index in [2.05, 4.69) is 5.32 Å². The van der Waals surface area contributed by atoms with E-state index in [1.54, 1.807) is 6.92 Å². The highest BCUT2D eigenvalue weighted by Gasteiger charge is 2.24. The van der Waals surface area contributed by atoms with Crippen LogP contribution in [0, 0.1) is 5.92 Å². The Labute approximate surface area is 120 Å². The van der Waals surface area contributed by atoms with Crippen LogP contribution in [0.4, 0.5) is 0 Å². The fraction of sp³-hybridized carbons (Fsp3) is 0.562. The SMILES string of the molecule is CC(O)c1ccc(CNC(=O)C2CCCC(N)C2)cc1. The predicted octanol–water partition coefficient (Wildman–Crippen LogP) is 1.87. The number of aliphatic hydroxyl groups is 1. The van der Waals surface area contributed by atoms with Gasteiger partial charge in [0.2, 0.25) is 5.91 Å². The number of nitrogens with two attached hydrogens (primary N) is 1. The summed E-state index contributed by atoms with van der Waals surface area (Å²) < 4.78 is 0. The lowest BCUT2D eigenvalue weighted by Crippen LogP contribution is -2.37. The number of hydrogen-bond donors (Lipinski definition) is 3. The number of benzene rings is 1. The molecule has 0 spiro atoms. The molecule has 110 valence electrons. The fourth-order valence-electron chi connectivity index (χ4n) is 2.71. The lowest BCUT2D eigenvalue weighted by molar-refractivity contribution is -0.126. The summed E-state index contributed by atoms with van der Waals surface area (Å²) in [7, 11) is 0. The van der Waals surface area contributed by atoms with Crippen LogP contribution in [-0.2, 0) is 11.3 Å². The normalized spacial score (nSPS) is 24.1. The van der Waals surface area contributed by atoms with E-state index in [0.29, 0.717) is 6.54 Å². The third-order valence-electron chi connectivity index (χ3n) is 4.01. The van der Waals surface area contributed by atoms with Crippen molar-refractivity contribution in [2.75, 3.05) is 0 Å². The summed E-state index contributed by atoms with van der Waals surface area (Å²) in [6, 6.07) is 7.83. The Morgan fingerprint density at radius 2 is 2.10 bits per heavy atom. The molecule has 1 aliphatic rings. The van der Waals surface area contributed by atoms with Gasteiger partial charge in [0.15, 0.2) is 0 Å². The number of rotatable bonds is 4. The quantitative estimate of drug-likeness (QED) is 0.786. The molecule has 1 aromatic carbocycles. The van der Waals surface area contributed by atoms with Gasteiger partial charge >= 0.3 is 0 Å². The fourth-order valence-corrected chi connectivity index (χ4v) is 2.71. The van der Waals surface area contributed by atoms with Gasteiger partial charge in [-0.1, -0.05) is 30.7 Å². The maximum absolute atomic E-state index is 12.1. The average Bonchev–Trinajstić information content (AvgIpc) is 2.45. The summed E-state index contributed by atoms with van der Waals surface area (Å²) in [5.41, 5.74) is 7.84. The highest BCUT2D eigenvalue weighted by Crippen LogP contribution is 2.23. The summed E-state index contributed by atoms with van der Waals surface area (Å²) >= 11 is 0. The second-order valence-corrected chi connectivity index (χ2v) is 5.76. The molecule has 1 fully saturated rings. The van der Waals surface area contributed by atoms with Crippen molar-refractivity contribution in [1.29, 1.82) is 0 Å². The number of carbonyl (C=O) groups excluding carboxylic acids is 1. The van der Waals surface area contributed by atoms with E-state index >= 15 is 0 Å². The molecule has 3 atom stereocenters. The van der Waals surface area contributed by atoms with Gasteiger partial charge in [-0.2, -0.15) is 0 Å². The highest BCUT2D eigenvalue weighted by atomic mass is 16.3. The van der Waals surface area contributed by atoms with E-state index < -0.39 is 6.10 Å². The van der Waals surface area contributed by atoms with Crippen LogP contribution in [0.3, 0.4) is 0 Å². The van der Waals surface area contributed by atoms with Crippen molar-refractivity contribution in [2.45, 2.75) is 51.3 Å². The predicted molar refractivity (Wildman–Crippen MR) is 78.9 cm³/mol. The molecule has 20 heavy (non-hydrogen) atoms. The zero-order valence-electron chi connectivity index (χ0n) is 12.0. The Balaban J connectivity index is 1.83. The Hall–Kier alpha value is -1.39. The van der Waals surface area contributed by atoms with Crippen LogP contribution in [-0.4, -0.2) is 17.1 Å². The first-order valence-electron chi connectivity index (χ1n) is 7.36. The minimum Gasteiger partial charge on any atom is -0.389 e. The van der Waals surface area contributed by atoms with Crippen molar-refractivity contribution in [3.63, 3.8) is 0 Å². The molecular formula is C16H24N2O2. The summed E-state index contributed by atoms with van der Waals surface area (Å²) in [4.78, 5) is 12.1. The largest absolute Gasteiger partial charge is 0.389 e. The molecule has 0 bridgehead atoms. The maximum Gasteiger partial charge on any atom is 0.223 e. The molecule has 1 aliphatic carbocycles. The van der Waals surface area contributed by atoms with E-state index in [9.17, 15) is 9.90 Å². The molecule has 1 aromatic rings. The molecule has 1 saturated carbocycles. The maximum atomic E-state index is 12.1. The second-order valence-electron chi connectivity index (χ2n) is 5.76. The molecule has 0 radical (unpaired) electrons. The monoisotopic (exact) mass is 276 g/mol. The van der Waals surface area contributed by atoms with Crippen LogP contribution in [0.15, 0.2) is 24.3 Å². The van der Waals surface area contributed by atoms with Gasteiger partial charge in [0, 0.05) is 18.5 Å². The molecule has 4 nitrogen and oxygen atoms in total. The van der Waals surface area contributed by atoms with Gasteiger partial charge in [-0.3, -0.25) is 4.79 Å². The van der Waals surface area contributed by atoms with Crippen LogP contribution in [0.25, 0.3) is 0 Å². The van der Waals surface area contributed by atoms with Gasteiger partial charge in [0.1, 0.15) is 0 Å². The standard InChI is InChI=1S/C16H24N2O2/c1-11(19)13-7-5-12(6-8-13)10-18-16(20)14-3-2-4-15(17)9-14/h5-8,11,14-15,19H,2-4,9-10,17H2,1H3,(H,18,20). The first-order valence-corrected chi connectivity index (χ1v) is 7.36. The van der Waals surface area contributed by atoms with Crippen molar-refractivity contribution in [1.82, 2.24) is 5.32 Å². The minimum absolute atomic E-state index is 0.0653. The number of hydrogen-bond acceptors (Lipinski definition) is 3. The van der Waals surface area contributed by atoms with Gasteiger partial charge in [-0.15, -0.1) is 0 Å². The number of nitrogens with one attached hydrogen (secondary N) is 1. The zero-order chi connectivity index (χ0) is 14.5. The molecule has 0 aliphatic heterocycles. The van der Waals surface area contributed by atoms with Crippen LogP contribution in [0.5, 0.6) is 0 Å². The summed E-state index contributed by atoms with van der Waals surface area (Å²) in [6.45, 7) is 2.27. The first-order chi connectivity index (χ1) is 9.56. The third-order valence-corrected chi connectivity index (χ3v) is 4.01. The van der Waals surface area contributed by atoms with E-state index in [-0.39, 0.29) is 17.9 Å². The van der Waals surface area contributed by atoms with E-state index in [1.807, 2.05) is 24.3 Å². The van der Waals surface area contributed by atoms with Gasteiger partial charge in [0.05, 0.1) is 6.10 Å². The molecule has 3 unspecified atom stereocenters. The smallest absolute Gasteiger partial charge is 0.223 e. The highest BCUT2D eigenvalue weighted by molar-refractivity contribution is 5.78. The molecule has 1 amide bonds. The van der Waals surface area contributed by atoms with Crippen molar-refractivity contribution < 1.29 is 9.90 Å². The number of amides is 1. The van der Waals surface area contributed by atoms with Crippen LogP contribution in [0.1, 0.15) is 49.8 Å². The zero-order valence-corrected chi connectivity index (χ0v) is 12.0. The second kappa shape index (κ2) is 6.86. The summed E-state index contributed by atoms with van der Waals surface area (Å²) in [6.07, 6.45) is 3.36. The minimum atomic E-state index is -0.456. The molecule has 4 heteroatoms. The molecule has 4 N–H and O–H groups in total. The van der Waals surface area contributed by atoms with Gasteiger partial charge in [-0.25, -0.2) is 0 Å². The lowest BCUT2D eigenvalue weighted by Gasteiger charge is -2.25. The number of carbonyl (C=O) groups is 1. The van der Waals surface area contributed by atoms with Crippen molar-refractivity contribution in [2.24, 2.45) is 11.7 Å². The van der Waals surface area contributed by atoms with Crippen LogP contribution < -0.4 is 11.1 Å². The molecular weight excluding hydrogens is 252 g/mol. The molecule has 0 heterocycles. The van der Waals surface area contributed by atoms with E-state index in [4.69, 9.17) is 5.73 Å². The molecule has 0 aromatic heterocycles. The Morgan fingerprint density at radius 1 is 1.40 bits per heavy atom. The lowest BCUT2D eigenvalue weighted by atomic mass is 9.85. The van der Waals surface area contributed by atoms with Gasteiger partial charge in [-0.05, 0) is 37.3 Å². The van der Waals surface area contributed by atoms with Crippen molar-refractivity contribution in [3.8, 4) is 0 Å². The Morgan fingerprint density at radius 3 is 2.70 bits per heavy atom. The van der Waals surface area contributed by atoms with Crippen LogP contribution >= 0.6 is 0 Å². The van der Waals surface area contributed by atoms with E-state index in [1.165, 1.54) is 0 Å². The average molecular weight is 276 g/mol. The van der Waals surface area contributed by atoms with E-state index in [0.717, 1.165) is 36.8 Å². The molecule has 2 rings (SSSR count). The summed E-state index contributed by atoms with van der Waals surface area (Å²) in [5.74, 6) is 0.176. The van der Waals surface area contributed by atoms with Gasteiger partial charge in [0.25, 0.3) is 0 Å². The van der Waals surface area contributed by atoms with Crippen molar-refractivity contribution in [3.05, 3.63) is 35.4 Å². The first kappa shape index (κ1) is 15.0. The Kier molecular flexibility index (Phi) is 5.15. The van der Waals surface area contributed by atoms with Crippen molar-refractivity contribution >= 4 is 5.91 Å². The third kappa shape index (κ3) is 4.05. The van der Waals surface area contributed by atoms with Crippen LogP contribution in [0.2, 0.25) is 0 Å². The van der Waals surface area contributed by atoms with Gasteiger partial charge < -0.3 is 16.2 Å². The number of aliphatic hydroxyl groups excluding tert-OH is 1. The molecule has 0 saturated heterocycles.